The summed E-state index contributed by atoms with van der Waals surface area (Å²) >= 11 is 0. The van der Waals surface area contributed by atoms with Crippen LogP contribution < -0.4 is 16.2 Å². The fourth-order valence-electron chi connectivity index (χ4n) is 7.31. The Labute approximate surface area is 267 Å². The molecule has 3 fully saturated rings. The quantitative estimate of drug-likeness (QED) is 0.484. The number of ether oxygens (including phenoxy) is 1. The van der Waals surface area contributed by atoms with Crippen LogP contribution in [-0.4, -0.2) is 122 Å². The van der Waals surface area contributed by atoms with E-state index in [0.29, 0.717) is 57.2 Å². The molecule has 12 heteroatoms. The zero-order valence-corrected chi connectivity index (χ0v) is 25.8. The third kappa shape index (κ3) is 7.11. The number of rotatable bonds is 6. The molecule has 2 aromatic rings. The van der Waals surface area contributed by atoms with Gasteiger partial charge < -0.3 is 34.8 Å². The number of piperidine rings is 2. The number of fused-ring (bicyclic) bond motifs is 1. The number of likely N-dealkylation sites (tertiary alicyclic amines) is 3. The van der Waals surface area contributed by atoms with Crippen LogP contribution in [0.25, 0.3) is 0 Å². The van der Waals surface area contributed by atoms with Gasteiger partial charge in [-0.15, -0.1) is 0 Å². The van der Waals surface area contributed by atoms with E-state index in [2.05, 4.69) is 10.2 Å². The highest BCUT2D eigenvalue weighted by Gasteiger charge is 2.36. The number of nitrogens with zero attached hydrogens (tertiary/aromatic N) is 4. The summed E-state index contributed by atoms with van der Waals surface area (Å²) in [6.45, 7) is 4.91. The third-order valence-corrected chi connectivity index (χ3v) is 9.91. The minimum Gasteiger partial charge on any atom is -0.509 e. The Hall–Kier alpha value is -3.66. The average molecular weight is 609 g/mol. The summed E-state index contributed by atoms with van der Waals surface area (Å²) in [6, 6.07) is 11.3. The Bertz CT molecular complexity index is 1380. The maximum atomic E-state index is 13.9. The van der Waals surface area contributed by atoms with E-state index >= 15 is 0 Å². The minimum atomic E-state index is -1.06. The van der Waals surface area contributed by atoms with E-state index in [1.165, 1.54) is 12.8 Å². The Morgan fingerprint density at radius 3 is 2.20 bits per heavy atom. The highest BCUT2D eigenvalue weighted by molar-refractivity contribution is 6.41. The maximum Gasteiger partial charge on any atom is 0.410 e. The number of urea groups is 1. The molecule has 3 saturated heterocycles. The molecule has 4 aliphatic rings. The predicted octanol–water partition coefficient (Wildman–Crippen LogP) is 1.67. The van der Waals surface area contributed by atoms with Gasteiger partial charge in [-0.1, -0.05) is 41.3 Å². The fourth-order valence-corrected chi connectivity index (χ4v) is 7.31. The van der Waals surface area contributed by atoms with Crippen LogP contribution in [0.15, 0.2) is 36.4 Å². The van der Waals surface area contributed by atoms with Crippen LogP contribution in [0.4, 0.5) is 15.3 Å². The number of aromatic hydroxyl groups is 1. The summed E-state index contributed by atoms with van der Waals surface area (Å²) in [5.74, 6) is -0.434. The maximum absolute atomic E-state index is 13.9. The Kier molecular flexibility index (Phi) is 9.58. The lowest BCUT2D eigenvalue weighted by Crippen LogP contribution is -2.52. The molecule has 0 aliphatic carbocycles. The van der Waals surface area contributed by atoms with E-state index in [1.54, 1.807) is 21.9 Å². The summed E-state index contributed by atoms with van der Waals surface area (Å²) in [6.07, 6.45) is 4.74. The largest absolute Gasteiger partial charge is 0.509 e. The molecule has 4 amide bonds. The number of phenols is 1. The number of para-hydroxylation sites is 1. The molecule has 0 bridgehead atoms. The van der Waals surface area contributed by atoms with Crippen molar-refractivity contribution in [3.8, 4) is 5.75 Å². The van der Waals surface area contributed by atoms with E-state index in [-0.39, 0.29) is 41.1 Å². The number of nitrogens with one attached hydrogen (secondary N) is 1. The van der Waals surface area contributed by atoms with E-state index < -0.39 is 12.2 Å². The van der Waals surface area contributed by atoms with Crippen molar-refractivity contribution in [2.24, 2.45) is 0 Å². The summed E-state index contributed by atoms with van der Waals surface area (Å²) in [7, 11) is 11.9. The first-order chi connectivity index (χ1) is 21.8. The molecule has 2 aromatic carbocycles. The first kappa shape index (κ1) is 31.3. The van der Waals surface area contributed by atoms with Gasteiger partial charge in [-0.25, -0.2) is 9.59 Å². The number of hydrogen-bond donors (Lipinski definition) is 2. The zero-order chi connectivity index (χ0) is 31.5. The molecule has 234 valence electrons. The van der Waals surface area contributed by atoms with Crippen molar-refractivity contribution in [1.29, 1.82) is 0 Å². The van der Waals surface area contributed by atoms with Gasteiger partial charge in [0.25, 0.3) is 5.91 Å². The van der Waals surface area contributed by atoms with Crippen molar-refractivity contribution in [2.75, 3.05) is 51.1 Å². The van der Waals surface area contributed by atoms with Crippen LogP contribution >= 0.6 is 0 Å². The summed E-state index contributed by atoms with van der Waals surface area (Å²) < 4.78 is 5.96. The molecule has 45 heavy (non-hydrogen) atoms. The molecule has 2 N–H and O–H groups in total. The normalized spacial score (nSPS) is 20.8. The molecular formula is C33H41B2N5O5. The molecule has 0 spiro atoms. The number of hydrogen-bond acceptors (Lipinski definition) is 6. The lowest BCUT2D eigenvalue weighted by Gasteiger charge is -2.39. The number of phenolic OH excluding ortho intramolecular Hbond substituents is 1. The number of anilines is 1. The SMILES string of the molecule is [B]c1cc(C[C@@H](OC(=O)N2CCC(N3CCc4ccccc4NC3=O)CC2)C(=O)N2CCC(N3CCCC3)CC2)cc([B])c1O. The van der Waals surface area contributed by atoms with Crippen LogP contribution in [0.3, 0.4) is 0 Å². The zero-order valence-electron chi connectivity index (χ0n) is 25.8. The fraction of sp³-hybridized carbons (Fsp3) is 0.545. The van der Waals surface area contributed by atoms with Gasteiger partial charge in [0.2, 0.25) is 0 Å². The highest BCUT2D eigenvalue weighted by atomic mass is 16.6. The van der Waals surface area contributed by atoms with Crippen LogP contribution in [0.1, 0.15) is 49.7 Å². The average Bonchev–Trinajstić information content (AvgIpc) is 3.53. The van der Waals surface area contributed by atoms with E-state index in [4.69, 9.17) is 20.4 Å². The standard InChI is InChI=1S/C33H41B2N5O5/c34-26-19-22(20-27(35)30(26)41)21-29(31(42)38-14-8-24(9-15-38)37-12-3-4-13-37)45-33(44)39-16-10-25(11-17-39)40-18-7-23-5-1-2-6-28(23)36-32(40)43/h1-2,5-6,19-20,24-25,29,41H,3-4,7-18,21H2,(H,36,43)/t29-/m1/s1. The molecular weight excluding hydrogens is 568 g/mol. The number of amides is 4. The number of benzene rings is 2. The highest BCUT2D eigenvalue weighted by Crippen LogP contribution is 2.26. The first-order valence-corrected chi connectivity index (χ1v) is 16.3. The lowest BCUT2D eigenvalue weighted by atomic mass is 9.83. The van der Waals surface area contributed by atoms with Crippen molar-refractivity contribution in [2.45, 2.75) is 69.6 Å². The molecule has 6 rings (SSSR count). The van der Waals surface area contributed by atoms with Crippen molar-refractivity contribution in [3.05, 3.63) is 47.5 Å². The summed E-state index contributed by atoms with van der Waals surface area (Å²) in [4.78, 5) is 48.2. The van der Waals surface area contributed by atoms with E-state index in [1.807, 2.05) is 29.2 Å². The molecule has 1 atom stereocenters. The van der Waals surface area contributed by atoms with Gasteiger partial charge in [0.1, 0.15) is 21.4 Å². The minimum absolute atomic E-state index is 0.000593. The predicted molar refractivity (Wildman–Crippen MR) is 174 cm³/mol. The first-order valence-electron chi connectivity index (χ1n) is 16.3. The Morgan fingerprint density at radius 2 is 1.51 bits per heavy atom. The van der Waals surface area contributed by atoms with Crippen LogP contribution in [0.5, 0.6) is 5.75 Å². The molecule has 4 aliphatic heterocycles. The Morgan fingerprint density at radius 1 is 0.889 bits per heavy atom. The van der Waals surface area contributed by atoms with E-state index in [9.17, 15) is 19.5 Å². The summed E-state index contributed by atoms with van der Waals surface area (Å²) in [5, 5.41) is 13.1. The lowest BCUT2D eigenvalue weighted by molar-refractivity contribution is -0.142. The van der Waals surface area contributed by atoms with Gasteiger partial charge in [0.15, 0.2) is 6.10 Å². The van der Waals surface area contributed by atoms with Crippen LogP contribution in [0.2, 0.25) is 0 Å². The second kappa shape index (κ2) is 13.8. The molecule has 0 aromatic heterocycles. The van der Waals surface area contributed by atoms with Crippen LogP contribution in [0, 0.1) is 0 Å². The van der Waals surface area contributed by atoms with Crippen molar-refractivity contribution in [3.63, 3.8) is 0 Å². The molecule has 4 heterocycles. The van der Waals surface area contributed by atoms with Crippen LogP contribution in [-0.2, 0) is 22.4 Å². The number of carbonyl (C=O) groups is 3. The molecule has 10 nitrogen and oxygen atoms in total. The van der Waals surface area contributed by atoms with Gasteiger partial charge in [-0.05, 0) is 75.2 Å². The second-order valence-electron chi connectivity index (χ2n) is 12.7. The van der Waals surface area contributed by atoms with Gasteiger partial charge in [0, 0.05) is 56.9 Å². The topological polar surface area (TPSA) is 106 Å². The molecule has 0 saturated carbocycles. The van der Waals surface area contributed by atoms with Gasteiger partial charge in [0.05, 0.1) is 0 Å². The van der Waals surface area contributed by atoms with Crippen molar-refractivity contribution >= 4 is 50.3 Å². The molecule has 0 unspecified atom stereocenters. The van der Waals surface area contributed by atoms with Crippen molar-refractivity contribution < 1.29 is 24.2 Å². The van der Waals surface area contributed by atoms with Gasteiger partial charge >= 0.3 is 12.1 Å². The monoisotopic (exact) mass is 609 g/mol. The van der Waals surface area contributed by atoms with E-state index in [0.717, 1.165) is 43.6 Å². The second-order valence-corrected chi connectivity index (χ2v) is 12.7. The summed E-state index contributed by atoms with van der Waals surface area (Å²) in [5.41, 5.74) is 2.78. The van der Waals surface area contributed by atoms with Gasteiger partial charge in [-0.2, -0.15) is 0 Å². The molecule has 4 radical (unpaired) electrons. The van der Waals surface area contributed by atoms with Crippen molar-refractivity contribution in [1.82, 2.24) is 19.6 Å². The Balaban J connectivity index is 1.09. The van der Waals surface area contributed by atoms with Gasteiger partial charge in [-0.3, -0.25) is 4.79 Å². The third-order valence-electron chi connectivity index (χ3n) is 9.91. The number of carbonyl (C=O) groups excluding carboxylic acids is 3. The smallest absolute Gasteiger partial charge is 0.410 e.